The molecule has 0 saturated carbocycles. The summed E-state index contributed by atoms with van der Waals surface area (Å²) in [5.41, 5.74) is 2.26. The lowest BCUT2D eigenvalue weighted by molar-refractivity contribution is 0.198. The van der Waals surface area contributed by atoms with E-state index in [1.165, 1.54) is 25.2 Å². The number of aliphatic hydroxyl groups excluding tert-OH is 1. The van der Waals surface area contributed by atoms with Crippen LogP contribution in [0.4, 0.5) is 23.0 Å². The smallest absolute Gasteiger partial charge is 0.158 e. The minimum atomic E-state index is -0.294. The second-order valence-electron chi connectivity index (χ2n) is 7.59. The molecule has 2 aromatic rings. The summed E-state index contributed by atoms with van der Waals surface area (Å²) >= 11 is 0. The lowest BCUT2D eigenvalue weighted by Gasteiger charge is -2.26. The second-order valence-corrected chi connectivity index (χ2v) is 7.59. The second kappa shape index (κ2) is 9.03. The molecule has 2 aliphatic heterocycles. The molecule has 2 fully saturated rings. The minimum absolute atomic E-state index is 0.273. The van der Waals surface area contributed by atoms with E-state index in [4.69, 9.17) is 5.26 Å². The monoisotopic (exact) mass is 394 g/mol. The summed E-state index contributed by atoms with van der Waals surface area (Å²) in [6.07, 6.45) is 7.68. The van der Waals surface area contributed by atoms with E-state index in [0.29, 0.717) is 24.1 Å². The van der Waals surface area contributed by atoms with E-state index < -0.39 is 0 Å². The number of piperidine rings is 1. The number of nitrogens with zero attached hydrogens (tertiary/aromatic N) is 5. The largest absolute Gasteiger partial charge is 0.391 e. The number of β-amino-alcohol motifs (C(OH)–C–C–N with tert-alkyl or cyclic N) is 1. The molecule has 0 spiro atoms. The Kier molecular flexibility index (Phi) is 6.03. The van der Waals surface area contributed by atoms with Crippen LogP contribution >= 0.6 is 0 Å². The molecule has 2 atom stereocenters. The number of nitrogens with one attached hydrogen (secondary N) is 3. The number of pyridine rings is 1. The van der Waals surface area contributed by atoms with Crippen molar-refractivity contribution in [3.8, 4) is 6.07 Å². The van der Waals surface area contributed by atoms with E-state index in [-0.39, 0.29) is 11.8 Å². The number of aliphatic hydroxyl groups is 1. The molecule has 2 aromatic heterocycles. The lowest BCUT2D eigenvalue weighted by Crippen LogP contribution is -2.33. The topological polar surface area (TPSA) is 122 Å². The molecule has 0 bridgehead atoms. The van der Waals surface area contributed by atoms with Crippen LogP contribution in [0.1, 0.15) is 25.0 Å². The predicted molar refractivity (Wildman–Crippen MR) is 111 cm³/mol. The van der Waals surface area contributed by atoms with Crippen LogP contribution in [0.2, 0.25) is 0 Å². The summed E-state index contributed by atoms with van der Waals surface area (Å²) in [6.45, 7) is 4.45. The summed E-state index contributed by atoms with van der Waals surface area (Å²) in [6, 6.07) is 3.93. The molecular formula is C20H26N8O. The predicted octanol–water partition coefficient (Wildman–Crippen LogP) is 1.47. The fraction of sp³-hybridized carbons (Fsp3) is 0.500. The zero-order chi connectivity index (χ0) is 20.1. The van der Waals surface area contributed by atoms with E-state index in [0.717, 1.165) is 44.0 Å². The van der Waals surface area contributed by atoms with Crippen molar-refractivity contribution in [2.24, 2.45) is 5.92 Å². The van der Waals surface area contributed by atoms with Crippen molar-refractivity contribution in [2.75, 3.05) is 48.3 Å². The molecule has 0 amide bonds. The van der Waals surface area contributed by atoms with Gasteiger partial charge in [0.2, 0.25) is 0 Å². The van der Waals surface area contributed by atoms with Gasteiger partial charge in [-0.15, -0.1) is 0 Å². The number of aromatic nitrogens is 3. The highest BCUT2D eigenvalue weighted by Crippen LogP contribution is 2.31. The molecule has 4 heterocycles. The van der Waals surface area contributed by atoms with Gasteiger partial charge in [-0.2, -0.15) is 5.26 Å². The van der Waals surface area contributed by atoms with Gasteiger partial charge in [-0.3, -0.25) is 0 Å². The van der Waals surface area contributed by atoms with Crippen LogP contribution < -0.4 is 20.9 Å². The third-order valence-corrected chi connectivity index (χ3v) is 5.39. The van der Waals surface area contributed by atoms with E-state index in [2.05, 4.69) is 35.8 Å². The molecule has 0 radical (unpaired) electrons. The molecule has 29 heavy (non-hydrogen) atoms. The molecule has 4 rings (SSSR count). The Morgan fingerprint density at radius 3 is 2.79 bits per heavy atom. The zero-order valence-corrected chi connectivity index (χ0v) is 16.3. The molecule has 1 unspecified atom stereocenters. The maximum atomic E-state index is 9.94. The quantitative estimate of drug-likeness (QED) is 0.577. The highest BCUT2D eigenvalue weighted by Gasteiger charge is 2.23. The van der Waals surface area contributed by atoms with Crippen LogP contribution in [0.3, 0.4) is 0 Å². The van der Waals surface area contributed by atoms with Crippen molar-refractivity contribution in [1.29, 1.82) is 5.26 Å². The van der Waals surface area contributed by atoms with Gasteiger partial charge in [0.15, 0.2) is 5.69 Å². The Balaban J connectivity index is 1.52. The summed E-state index contributed by atoms with van der Waals surface area (Å²) in [4.78, 5) is 14.9. The SMILES string of the molecule is N#Cc1cnc(Nc2cc(NCC3CCCNC3)c(N3CC[C@H](O)C3)cn2)cn1. The van der Waals surface area contributed by atoms with E-state index in [1.54, 1.807) is 0 Å². The number of anilines is 4. The first-order chi connectivity index (χ1) is 14.2. The van der Waals surface area contributed by atoms with Crippen molar-refractivity contribution in [3.05, 3.63) is 30.4 Å². The number of nitriles is 1. The molecule has 0 aromatic carbocycles. The molecular weight excluding hydrogens is 368 g/mol. The third kappa shape index (κ3) is 4.91. The van der Waals surface area contributed by atoms with Gasteiger partial charge < -0.3 is 26.0 Å². The Morgan fingerprint density at radius 1 is 1.21 bits per heavy atom. The number of hydrogen-bond acceptors (Lipinski definition) is 9. The Bertz CT molecular complexity index is 860. The van der Waals surface area contributed by atoms with Gasteiger partial charge in [-0.05, 0) is 38.3 Å². The van der Waals surface area contributed by atoms with Gasteiger partial charge >= 0.3 is 0 Å². The fourth-order valence-corrected chi connectivity index (χ4v) is 3.80. The van der Waals surface area contributed by atoms with Gasteiger partial charge in [-0.1, -0.05) is 0 Å². The molecule has 0 aliphatic carbocycles. The molecule has 152 valence electrons. The lowest BCUT2D eigenvalue weighted by atomic mass is 10.00. The molecule has 4 N–H and O–H groups in total. The van der Waals surface area contributed by atoms with Crippen LogP contribution in [0.25, 0.3) is 0 Å². The van der Waals surface area contributed by atoms with Crippen LogP contribution in [0.5, 0.6) is 0 Å². The zero-order valence-electron chi connectivity index (χ0n) is 16.3. The molecule has 9 heteroatoms. The van der Waals surface area contributed by atoms with Gasteiger partial charge in [0.05, 0.1) is 36.1 Å². The molecule has 2 saturated heterocycles. The normalized spacial score (nSPS) is 21.6. The number of hydrogen-bond donors (Lipinski definition) is 4. The van der Waals surface area contributed by atoms with E-state index in [1.807, 2.05) is 18.3 Å². The van der Waals surface area contributed by atoms with Gasteiger partial charge in [0.25, 0.3) is 0 Å². The summed E-state index contributed by atoms with van der Waals surface area (Å²) < 4.78 is 0. The van der Waals surface area contributed by atoms with Crippen molar-refractivity contribution >= 4 is 23.0 Å². The molecule has 2 aliphatic rings. The van der Waals surface area contributed by atoms with Crippen LogP contribution in [-0.4, -0.2) is 58.9 Å². The fourth-order valence-electron chi connectivity index (χ4n) is 3.80. The van der Waals surface area contributed by atoms with Crippen LogP contribution in [-0.2, 0) is 0 Å². The Hall–Kier alpha value is -2.96. The first-order valence-electron chi connectivity index (χ1n) is 10.1. The van der Waals surface area contributed by atoms with Crippen molar-refractivity contribution in [2.45, 2.75) is 25.4 Å². The van der Waals surface area contributed by atoms with E-state index >= 15 is 0 Å². The van der Waals surface area contributed by atoms with Crippen molar-refractivity contribution < 1.29 is 5.11 Å². The Morgan fingerprint density at radius 2 is 2.10 bits per heavy atom. The van der Waals surface area contributed by atoms with Crippen LogP contribution in [0, 0.1) is 17.2 Å². The highest BCUT2D eigenvalue weighted by molar-refractivity contribution is 5.73. The molecule has 9 nitrogen and oxygen atoms in total. The standard InChI is InChI=1S/C20H26N8O/c21-7-15-10-25-20(12-23-15)27-19-6-17(24-9-14-2-1-4-22-8-14)18(11-26-19)28-5-3-16(29)13-28/h6,10-12,14,16,22,29H,1-5,8-9,13H2,(H2,24,25,26,27)/t14?,16-/m0/s1. The average Bonchev–Trinajstić information content (AvgIpc) is 3.20. The highest BCUT2D eigenvalue weighted by atomic mass is 16.3. The first-order valence-corrected chi connectivity index (χ1v) is 10.1. The maximum Gasteiger partial charge on any atom is 0.158 e. The van der Waals surface area contributed by atoms with E-state index in [9.17, 15) is 5.11 Å². The van der Waals surface area contributed by atoms with Gasteiger partial charge in [-0.25, -0.2) is 15.0 Å². The third-order valence-electron chi connectivity index (χ3n) is 5.39. The van der Waals surface area contributed by atoms with Crippen LogP contribution in [0.15, 0.2) is 24.7 Å². The summed E-state index contributed by atoms with van der Waals surface area (Å²) in [5.74, 6) is 1.77. The minimum Gasteiger partial charge on any atom is -0.391 e. The first kappa shape index (κ1) is 19.4. The number of rotatable bonds is 6. The Labute approximate surface area is 170 Å². The summed E-state index contributed by atoms with van der Waals surface area (Å²) in [7, 11) is 0. The summed E-state index contributed by atoms with van der Waals surface area (Å²) in [5, 5.41) is 29.0. The van der Waals surface area contributed by atoms with Crippen molar-refractivity contribution in [3.63, 3.8) is 0 Å². The van der Waals surface area contributed by atoms with Gasteiger partial charge in [0, 0.05) is 25.7 Å². The average molecular weight is 394 g/mol. The maximum absolute atomic E-state index is 9.94. The van der Waals surface area contributed by atoms with Gasteiger partial charge in [0.1, 0.15) is 17.7 Å². The van der Waals surface area contributed by atoms with Crippen molar-refractivity contribution in [1.82, 2.24) is 20.3 Å².